The third-order valence-corrected chi connectivity index (χ3v) is 6.12. The first-order valence-electron chi connectivity index (χ1n) is 8.77. The predicted molar refractivity (Wildman–Crippen MR) is 106 cm³/mol. The van der Waals surface area contributed by atoms with Crippen LogP contribution in [0.5, 0.6) is 5.75 Å². The molecule has 3 rings (SSSR count). The number of benzene rings is 1. The van der Waals surface area contributed by atoms with E-state index in [1.807, 2.05) is 0 Å². The number of carbonyl (C=O) groups is 2. The number of ether oxygens (including phenoxy) is 1. The van der Waals surface area contributed by atoms with Crippen molar-refractivity contribution in [3.8, 4) is 5.75 Å². The SMILES string of the molecule is CS(=O)(=O)Cc1cnc(NC(=O)c2ccccc2OC(=O)C2CCNCC2)s1. The maximum absolute atomic E-state index is 12.6. The van der Waals surface area contributed by atoms with Crippen LogP contribution in [-0.4, -0.2) is 44.6 Å². The molecule has 0 aliphatic carbocycles. The molecule has 0 unspecified atom stereocenters. The van der Waals surface area contributed by atoms with Gasteiger partial charge >= 0.3 is 5.97 Å². The van der Waals surface area contributed by atoms with E-state index in [0.29, 0.717) is 17.7 Å². The van der Waals surface area contributed by atoms with Crippen molar-refractivity contribution >= 4 is 38.2 Å². The highest BCUT2D eigenvalue weighted by molar-refractivity contribution is 7.90. The van der Waals surface area contributed by atoms with E-state index in [2.05, 4.69) is 15.6 Å². The number of aromatic nitrogens is 1. The van der Waals surface area contributed by atoms with Crippen LogP contribution in [0.2, 0.25) is 0 Å². The highest BCUT2D eigenvalue weighted by Crippen LogP contribution is 2.25. The summed E-state index contributed by atoms with van der Waals surface area (Å²) in [6, 6.07) is 6.50. The normalized spacial score (nSPS) is 15.2. The summed E-state index contributed by atoms with van der Waals surface area (Å²) >= 11 is 1.09. The molecule has 2 aromatic rings. The smallest absolute Gasteiger partial charge is 0.314 e. The Morgan fingerprint density at radius 3 is 2.71 bits per heavy atom. The molecule has 1 amide bonds. The summed E-state index contributed by atoms with van der Waals surface area (Å²) < 4.78 is 28.2. The van der Waals surface area contributed by atoms with Gasteiger partial charge in [-0.15, -0.1) is 11.3 Å². The average Bonchev–Trinajstić information content (AvgIpc) is 3.07. The molecule has 0 spiro atoms. The quantitative estimate of drug-likeness (QED) is 0.538. The molecule has 10 heteroatoms. The standard InChI is InChI=1S/C18H21N3O5S2/c1-28(24,25)11-13-10-20-18(27-13)21-16(22)14-4-2-3-5-15(14)26-17(23)12-6-8-19-9-7-12/h2-5,10,12,19H,6-9,11H2,1H3,(H,20,21,22). The highest BCUT2D eigenvalue weighted by atomic mass is 32.2. The zero-order chi connectivity index (χ0) is 20.1. The Bertz CT molecular complexity index is 965. The monoisotopic (exact) mass is 423 g/mol. The third-order valence-electron chi connectivity index (χ3n) is 4.19. The number of amides is 1. The number of carbonyl (C=O) groups excluding carboxylic acids is 2. The summed E-state index contributed by atoms with van der Waals surface area (Å²) in [6.45, 7) is 1.53. The summed E-state index contributed by atoms with van der Waals surface area (Å²) in [6.07, 6.45) is 3.97. The number of hydrogen-bond donors (Lipinski definition) is 2. The fraction of sp³-hybridized carbons (Fsp3) is 0.389. The second kappa shape index (κ2) is 8.80. The van der Waals surface area contributed by atoms with E-state index < -0.39 is 15.7 Å². The van der Waals surface area contributed by atoms with E-state index in [0.717, 1.165) is 30.7 Å². The Kier molecular flexibility index (Phi) is 6.42. The van der Waals surface area contributed by atoms with Crippen LogP contribution in [0.4, 0.5) is 5.13 Å². The van der Waals surface area contributed by atoms with Crippen molar-refractivity contribution in [2.75, 3.05) is 24.7 Å². The molecule has 1 aromatic carbocycles. The molecular weight excluding hydrogens is 402 g/mol. The fourth-order valence-electron chi connectivity index (χ4n) is 2.85. The van der Waals surface area contributed by atoms with Crippen LogP contribution < -0.4 is 15.4 Å². The third kappa shape index (κ3) is 5.60. The molecule has 150 valence electrons. The van der Waals surface area contributed by atoms with Gasteiger partial charge in [-0.2, -0.15) is 0 Å². The average molecular weight is 424 g/mol. The van der Waals surface area contributed by atoms with Gasteiger partial charge in [0.1, 0.15) is 5.75 Å². The van der Waals surface area contributed by atoms with E-state index in [-0.39, 0.29) is 34.1 Å². The molecular formula is C18H21N3O5S2. The molecule has 0 saturated carbocycles. The van der Waals surface area contributed by atoms with Crippen molar-refractivity contribution in [1.29, 1.82) is 0 Å². The van der Waals surface area contributed by atoms with Gasteiger partial charge in [-0.05, 0) is 38.1 Å². The van der Waals surface area contributed by atoms with Gasteiger partial charge in [0.05, 0.1) is 17.2 Å². The zero-order valence-electron chi connectivity index (χ0n) is 15.3. The van der Waals surface area contributed by atoms with Crippen LogP contribution in [0.25, 0.3) is 0 Å². The van der Waals surface area contributed by atoms with E-state index in [9.17, 15) is 18.0 Å². The second-order valence-corrected chi connectivity index (χ2v) is 9.85. The van der Waals surface area contributed by atoms with E-state index in [1.54, 1.807) is 24.3 Å². The Morgan fingerprint density at radius 2 is 2.00 bits per heavy atom. The van der Waals surface area contributed by atoms with E-state index >= 15 is 0 Å². The van der Waals surface area contributed by atoms with Crippen molar-refractivity contribution in [2.45, 2.75) is 18.6 Å². The number of sulfone groups is 1. The Morgan fingerprint density at radius 1 is 1.29 bits per heavy atom. The van der Waals surface area contributed by atoms with E-state index in [4.69, 9.17) is 4.74 Å². The van der Waals surface area contributed by atoms with Crippen molar-refractivity contribution in [1.82, 2.24) is 10.3 Å². The maximum Gasteiger partial charge on any atom is 0.314 e. The molecule has 2 heterocycles. The molecule has 1 aliphatic rings. The highest BCUT2D eigenvalue weighted by Gasteiger charge is 2.24. The number of anilines is 1. The zero-order valence-corrected chi connectivity index (χ0v) is 16.9. The van der Waals surface area contributed by atoms with Crippen LogP contribution in [-0.2, 0) is 20.4 Å². The minimum Gasteiger partial charge on any atom is -0.425 e. The topological polar surface area (TPSA) is 114 Å². The largest absolute Gasteiger partial charge is 0.425 e. The molecule has 8 nitrogen and oxygen atoms in total. The number of thiazole rings is 1. The Hall–Kier alpha value is -2.30. The fourth-order valence-corrected chi connectivity index (χ4v) is 4.92. The number of nitrogens with one attached hydrogen (secondary N) is 2. The lowest BCUT2D eigenvalue weighted by Gasteiger charge is -2.21. The van der Waals surface area contributed by atoms with Gasteiger partial charge < -0.3 is 10.1 Å². The maximum atomic E-state index is 12.6. The molecule has 0 radical (unpaired) electrons. The Labute approximate surface area is 167 Å². The minimum atomic E-state index is -3.18. The number of rotatable bonds is 6. The van der Waals surface area contributed by atoms with Gasteiger partial charge in [0.15, 0.2) is 15.0 Å². The summed E-state index contributed by atoms with van der Waals surface area (Å²) in [4.78, 5) is 29.6. The van der Waals surface area contributed by atoms with Crippen molar-refractivity contribution in [3.63, 3.8) is 0 Å². The molecule has 1 aromatic heterocycles. The summed E-state index contributed by atoms with van der Waals surface area (Å²) in [5, 5.41) is 6.10. The first kappa shape index (κ1) is 20.4. The lowest BCUT2D eigenvalue weighted by molar-refractivity contribution is -0.139. The number of piperidine rings is 1. The van der Waals surface area contributed by atoms with Gasteiger partial charge in [0, 0.05) is 17.3 Å². The van der Waals surface area contributed by atoms with Crippen LogP contribution >= 0.6 is 11.3 Å². The predicted octanol–water partition coefficient (Wildman–Crippen LogP) is 1.85. The molecule has 1 aliphatic heterocycles. The Balaban J connectivity index is 1.69. The lowest BCUT2D eigenvalue weighted by Crippen LogP contribution is -2.34. The number of esters is 1. The van der Waals surface area contributed by atoms with Gasteiger partial charge in [0.25, 0.3) is 5.91 Å². The number of para-hydroxylation sites is 1. The van der Waals surface area contributed by atoms with Gasteiger partial charge in [-0.3, -0.25) is 14.9 Å². The van der Waals surface area contributed by atoms with Crippen LogP contribution in [0, 0.1) is 5.92 Å². The lowest BCUT2D eigenvalue weighted by atomic mass is 9.98. The second-order valence-electron chi connectivity index (χ2n) is 6.60. The van der Waals surface area contributed by atoms with Gasteiger partial charge in [-0.1, -0.05) is 12.1 Å². The molecule has 28 heavy (non-hydrogen) atoms. The number of hydrogen-bond acceptors (Lipinski definition) is 8. The molecule has 0 atom stereocenters. The molecule has 0 bridgehead atoms. The summed E-state index contributed by atoms with van der Waals surface area (Å²) in [5.41, 5.74) is 0.213. The summed E-state index contributed by atoms with van der Waals surface area (Å²) in [7, 11) is -3.18. The van der Waals surface area contributed by atoms with Crippen LogP contribution in [0.1, 0.15) is 28.1 Å². The van der Waals surface area contributed by atoms with E-state index in [1.165, 1.54) is 6.20 Å². The summed E-state index contributed by atoms with van der Waals surface area (Å²) in [5.74, 6) is -0.947. The van der Waals surface area contributed by atoms with Crippen LogP contribution in [0.3, 0.4) is 0 Å². The van der Waals surface area contributed by atoms with Crippen molar-refractivity contribution in [2.24, 2.45) is 5.92 Å². The van der Waals surface area contributed by atoms with Gasteiger partial charge in [-0.25, -0.2) is 13.4 Å². The first-order chi connectivity index (χ1) is 13.3. The first-order valence-corrected chi connectivity index (χ1v) is 11.6. The minimum absolute atomic E-state index is 0.134. The van der Waals surface area contributed by atoms with Crippen molar-refractivity contribution < 1.29 is 22.7 Å². The molecule has 2 N–H and O–H groups in total. The number of nitrogens with zero attached hydrogens (tertiary/aromatic N) is 1. The van der Waals surface area contributed by atoms with Crippen molar-refractivity contribution in [3.05, 3.63) is 40.9 Å². The van der Waals surface area contributed by atoms with Gasteiger partial charge in [0.2, 0.25) is 0 Å². The van der Waals surface area contributed by atoms with Crippen LogP contribution in [0.15, 0.2) is 30.5 Å². The molecule has 1 fully saturated rings. The molecule has 1 saturated heterocycles.